The molecule has 0 saturated carbocycles. The number of anilines is 1. The summed E-state index contributed by atoms with van der Waals surface area (Å²) in [5, 5.41) is 11.3. The van der Waals surface area contributed by atoms with Crippen molar-refractivity contribution in [3.63, 3.8) is 0 Å². The first-order valence-corrected chi connectivity index (χ1v) is 7.43. The lowest BCUT2D eigenvalue weighted by Gasteiger charge is -2.20. The van der Waals surface area contributed by atoms with E-state index in [1.807, 2.05) is 13.8 Å². The van der Waals surface area contributed by atoms with Crippen LogP contribution in [0.3, 0.4) is 0 Å². The molecule has 2 aromatic rings. The molecule has 1 aromatic carbocycles. The molecule has 1 aromatic heterocycles. The molecular weight excluding hydrogens is 318 g/mol. The van der Waals surface area contributed by atoms with Crippen LogP contribution in [0.5, 0.6) is 0 Å². The van der Waals surface area contributed by atoms with Gasteiger partial charge in [0.05, 0.1) is 11.8 Å². The molecule has 6 nitrogen and oxygen atoms in total. The maximum Gasteiger partial charge on any atom is 0.255 e. The molecule has 0 radical (unpaired) electrons. The zero-order valence-corrected chi connectivity index (χ0v) is 13.3. The highest BCUT2D eigenvalue weighted by atomic mass is 19.2. The number of rotatable bonds is 6. The van der Waals surface area contributed by atoms with Crippen molar-refractivity contribution in [2.24, 2.45) is 5.92 Å². The Kier molecular flexibility index (Phi) is 5.62. The number of amides is 2. The third kappa shape index (κ3) is 4.37. The van der Waals surface area contributed by atoms with E-state index in [9.17, 15) is 18.4 Å². The molecule has 0 unspecified atom stereocenters. The van der Waals surface area contributed by atoms with Crippen molar-refractivity contribution in [1.29, 1.82) is 0 Å². The first-order valence-electron chi connectivity index (χ1n) is 7.43. The summed E-state index contributed by atoms with van der Waals surface area (Å²) in [6, 6.07) is 3.96. The smallest absolute Gasteiger partial charge is 0.255 e. The Morgan fingerprint density at radius 3 is 2.62 bits per heavy atom. The highest BCUT2D eigenvalue weighted by molar-refractivity contribution is 6.00. The molecule has 0 spiro atoms. The number of carbonyl (C=O) groups is 2. The molecule has 0 aliphatic heterocycles. The van der Waals surface area contributed by atoms with Gasteiger partial charge in [0.25, 0.3) is 5.91 Å². The van der Waals surface area contributed by atoms with Crippen molar-refractivity contribution in [2.75, 3.05) is 5.32 Å². The predicted octanol–water partition coefficient (Wildman–Crippen LogP) is 2.47. The molecule has 0 aliphatic rings. The second-order valence-electron chi connectivity index (χ2n) is 5.72. The Morgan fingerprint density at radius 2 is 2.00 bits per heavy atom. The van der Waals surface area contributed by atoms with Crippen LogP contribution in [0.2, 0.25) is 0 Å². The van der Waals surface area contributed by atoms with Crippen molar-refractivity contribution in [3.05, 3.63) is 47.7 Å². The molecule has 0 aliphatic carbocycles. The number of aromatic amines is 1. The van der Waals surface area contributed by atoms with E-state index in [0.29, 0.717) is 12.2 Å². The second-order valence-corrected chi connectivity index (χ2v) is 5.72. The van der Waals surface area contributed by atoms with Crippen LogP contribution in [-0.2, 0) is 4.79 Å². The van der Waals surface area contributed by atoms with Gasteiger partial charge in [0.15, 0.2) is 11.6 Å². The third-order valence-corrected chi connectivity index (χ3v) is 3.28. The van der Waals surface area contributed by atoms with Crippen LogP contribution < -0.4 is 10.6 Å². The van der Waals surface area contributed by atoms with E-state index < -0.39 is 35.1 Å². The topological polar surface area (TPSA) is 86.9 Å². The maximum absolute atomic E-state index is 13.7. The molecule has 0 fully saturated rings. The van der Waals surface area contributed by atoms with E-state index in [2.05, 4.69) is 20.8 Å². The summed E-state index contributed by atoms with van der Waals surface area (Å²) in [7, 11) is 0. The van der Waals surface area contributed by atoms with Crippen LogP contribution in [-0.4, -0.2) is 28.1 Å². The van der Waals surface area contributed by atoms with Crippen molar-refractivity contribution in [3.8, 4) is 0 Å². The zero-order valence-electron chi connectivity index (χ0n) is 13.3. The lowest BCUT2D eigenvalue weighted by atomic mass is 10.0. The minimum absolute atomic E-state index is 0.0974. The number of hydrogen-bond acceptors (Lipinski definition) is 3. The Hall–Kier alpha value is -2.77. The minimum atomic E-state index is -1.24. The Balaban J connectivity index is 2.14. The van der Waals surface area contributed by atoms with E-state index in [-0.39, 0.29) is 5.92 Å². The Labute approximate surface area is 137 Å². The van der Waals surface area contributed by atoms with Gasteiger partial charge in [0.2, 0.25) is 5.91 Å². The standard InChI is InChI=1S/C16H18F2N4O2/c1-9(2)8-12(16(24)21-13-6-7-19-22-13)20-15(23)10-4-3-5-11(17)14(10)18/h3-7,9,12H,8H2,1-2H3,(H,20,23)(H2,19,21,22,24)/t12-/m0/s1. The fourth-order valence-corrected chi connectivity index (χ4v) is 2.16. The molecular formula is C16H18F2N4O2. The van der Waals surface area contributed by atoms with Gasteiger partial charge in [0.1, 0.15) is 11.9 Å². The van der Waals surface area contributed by atoms with Gasteiger partial charge in [-0.25, -0.2) is 8.78 Å². The number of benzene rings is 1. The summed E-state index contributed by atoms with van der Waals surface area (Å²) in [4.78, 5) is 24.5. The van der Waals surface area contributed by atoms with Gasteiger partial charge in [-0.2, -0.15) is 5.10 Å². The van der Waals surface area contributed by atoms with Gasteiger partial charge in [-0.3, -0.25) is 14.7 Å². The highest BCUT2D eigenvalue weighted by Crippen LogP contribution is 2.13. The molecule has 128 valence electrons. The molecule has 2 amide bonds. The first-order chi connectivity index (χ1) is 11.4. The number of nitrogens with one attached hydrogen (secondary N) is 3. The lowest BCUT2D eigenvalue weighted by molar-refractivity contribution is -0.118. The van der Waals surface area contributed by atoms with Crippen molar-refractivity contribution in [1.82, 2.24) is 15.5 Å². The first kappa shape index (κ1) is 17.6. The van der Waals surface area contributed by atoms with Gasteiger partial charge in [-0.05, 0) is 24.5 Å². The SMILES string of the molecule is CC(C)C[C@H](NC(=O)c1cccc(F)c1F)C(=O)Nc1ccn[nH]1. The monoisotopic (exact) mass is 336 g/mol. The Morgan fingerprint density at radius 1 is 1.25 bits per heavy atom. The predicted molar refractivity (Wildman–Crippen MR) is 84.3 cm³/mol. The van der Waals surface area contributed by atoms with E-state index in [4.69, 9.17) is 0 Å². The van der Waals surface area contributed by atoms with Crippen LogP contribution in [0.15, 0.2) is 30.5 Å². The number of carbonyl (C=O) groups excluding carboxylic acids is 2. The summed E-state index contributed by atoms with van der Waals surface area (Å²) in [5.74, 6) is -3.21. The van der Waals surface area contributed by atoms with Gasteiger partial charge in [-0.1, -0.05) is 19.9 Å². The van der Waals surface area contributed by atoms with Crippen LogP contribution >= 0.6 is 0 Å². The maximum atomic E-state index is 13.7. The average Bonchev–Trinajstić information content (AvgIpc) is 3.01. The van der Waals surface area contributed by atoms with Crippen LogP contribution in [0.25, 0.3) is 0 Å². The van der Waals surface area contributed by atoms with E-state index in [0.717, 1.165) is 12.1 Å². The van der Waals surface area contributed by atoms with Crippen molar-refractivity contribution < 1.29 is 18.4 Å². The van der Waals surface area contributed by atoms with Gasteiger partial charge >= 0.3 is 0 Å². The second kappa shape index (κ2) is 7.67. The molecule has 1 atom stereocenters. The summed E-state index contributed by atoms with van der Waals surface area (Å²) in [6.07, 6.45) is 1.80. The summed E-state index contributed by atoms with van der Waals surface area (Å²) < 4.78 is 27.0. The fourth-order valence-electron chi connectivity index (χ4n) is 2.16. The zero-order chi connectivity index (χ0) is 17.7. The van der Waals surface area contributed by atoms with Crippen LogP contribution in [0.4, 0.5) is 14.6 Å². The molecule has 8 heteroatoms. The summed E-state index contributed by atoms with van der Waals surface area (Å²) in [5.41, 5.74) is -0.446. The fraction of sp³-hybridized carbons (Fsp3) is 0.312. The number of H-pyrrole nitrogens is 1. The molecule has 24 heavy (non-hydrogen) atoms. The quantitative estimate of drug-likeness (QED) is 0.757. The van der Waals surface area contributed by atoms with Gasteiger partial charge in [-0.15, -0.1) is 0 Å². The van der Waals surface area contributed by atoms with Crippen molar-refractivity contribution in [2.45, 2.75) is 26.3 Å². The normalized spacial score (nSPS) is 12.0. The molecule has 2 rings (SSSR count). The molecule has 0 bridgehead atoms. The number of aromatic nitrogens is 2. The van der Waals surface area contributed by atoms with E-state index in [1.165, 1.54) is 12.3 Å². The number of nitrogens with zero attached hydrogens (tertiary/aromatic N) is 1. The van der Waals surface area contributed by atoms with E-state index in [1.54, 1.807) is 6.07 Å². The minimum Gasteiger partial charge on any atom is -0.340 e. The van der Waals surface area contributed by atoms with Crippen LogP contribution in [0, 0.1) is 17.6 Å². The average molecular weight is 336 g/mol. The van der Waals surface area contributed by atoms with Crippen LogP contribution in [0.1, 0.15) is 30.6 Å². The lowest BCUT2D eigenvalue weighted by Crippen LogP contribution is -2.45. The Bertz CT molecular complexity index is 717. The largest absolute Gasteiger partial charge is 0.340 e. The van der Waals surface area contributed by atoms with E-state index >= 15 is 0 Å². The number of halogens is 2. The van der Waals surface area contributed by atoms with Gasteiger partial charge in [0, 0.05) is 6.07 Å². The molecule has 0 saturated heterocycles. The summed E-state index contributed by atoms with van der Waals surface area (Å²) >= 11 is 0. The van der Waals surface area contributed by atoms with Gasteiger partial charge < -0.3 is 10.6 Å². The molecule has 1 heterocycles. The number of hydrogen-bond donors (Lipinski definition) is 3. The highest BCUT2D eigenvalue weighted by Gasteiger charge is 2.25. The summed E-state index contributed by atoms with van der Waals surface area (Å²) in [6.45, 7) is 3.76. The van der Waals surface area contributed by atoms with Crippen molar-refractivity contribution >= 4 is 17.6 Å². The third-order valence-electron chi connectivity index (χ3n) is 3.28. The molecule has 3 N–H and O–H groups in total.